The predicted octanol–water partition coefficient (Wildman–Crippen LogP) is -0.506. The summed E-state index contributed by atoms with van der Waals surface area (Å²) in [6, 6.07) is 0. The Hall–Kier alpha value is -1.20. The van der Waals surface area contributed by atoms with Gasteiger partial charge in [0, 0.05) is 51.5 Å². The highest BCUT2D eigenvalue weighted by Crippen LogP contribution is 2.00. The van der Waals surface area contributed by atoms with Crippen molar-refractivity contribution < 1.29 is 0 Å². The molecule has 0 spiro atoms. The van der Waals surface area contributed by atoms with Gasteiger partial charge in [0.05, 0.1) is 0 Å². The summed E-state index contributed by atoms with van der Waals surface area (Å²) in [6.07, 6.45) is 1.71. The van der Waals surface area contributed by atoms with Gasteiger partial charge in [-0.25, -0.2) is 4.98 Å². The zero-order chi connectivity index (χ0) is 11.5. The molecule has 0 saturated carbocycles. The van der Waals surface area contributed by atoms with Gasteiger partial charge in [0.25, 0.3) is 5.56 Å². The van der Waals surface area contributed by atoms with E-state index in [2.05, 4.69) is 15.2 Å². The zero-order valence-corrected chi connectivity index (χ0v) is 9.86. The largest absolute Gasteiger partial charge is 0.314 e. The SMILES string of the molecule is Cc1ncc(CN2CCNCC2)c(=O)n1C. The Morgan fingerprint density at radius 3 is 2.81 bits per heavy atom. The molecule has 0 atom stereocenters. The molecule has 0 radical (unpaired) electrons. The minimum atomic E-state index is 0.0750. The van der Waals surface area contributed by atoms with E-state index in [0.717, 1.165) is 37.6 Å². The van der Waals surface area contributed by atoms with Gasteiger partial charge in [-0.2, -0.15) is 0 Å². The molecule has 1 aliphatic heterocycles. The molecule has 0 bridgehead atoms. The van der Waals surface area contributed by atoms with E-state index in [-0.39, 0.29) is 5.56 Å². The maximum Gasteiger partial charge on any atom is 0.257 e. The van der Waals surface area contributed by atoms with Crippen LogP contribution in [-0.4, -0.2) is 40.6 Å². The third kappa shape index (κ3) is 2.31. The van der Waals surface area contributed by atoms with Gasteiger partial charge in [-0.15, -0.1) is 0 Å². The fourth-order valence-corrected chi connectivity index (χ4v) is 1.89. The summed E-state index contributed by atoms with van der Waals surface area (Å²) in [4.78, 5) is 18.5. The molecule has 1 aromatic heterocycles. The number of piperazine rings is 1. The van der Waals surface area contributed by atoms with Gasteiger partial charge >= 0.3 is 0 Å². The van der Waals surface area contributed by atoms with Crippen LogP contribution in [0.1, 0.15) is 11.4 Å². The Bertz CT molecular complexity index is 420. The molecule has 88 valence electrons. The molecule has 0 aliphatic carbocycles. The second-order valence-electron chi connectivity index (χ2n) is 4.22. The Morgan fingerprint density at radius 2 is 2.12 bits per heavy atom. The van der Waals surface area contributed by atoms with Gasteiger partial charge in [-0.1, -0.05) is 0 Å². The summed E-state index contributed by atoms with van der Waals surface area (Å²) in [5, 5.41) is 3.29. The van der Waals surface area contributed by atoms with E-state index in [1.54, 1.807) is 17.8 Å². The average Bonchev–Trinajstić information content (AvgIpc) is 2.31. The molecular formula is C11H18N4O. The van der Waals surface area contributed by atoms with Crippen LogP contribution in [0.15, 0.2) is 11.0 Å². The second-order valence-corrected chi connectivity index (χ2v) is 4.22. The first-order valence-electron chi connectivity index (χ1n) is 5.63. The number of nitrogens with one attached hydrogen (secondary N) is 1. The van der Waals surface area contributed by atoms with Crippen molar-refractivity contribution in [2.75, 3.05) is 26.2 Å². The lowest BCUT2D eigenvalue weighted by Crippen LogP contribution is -2.44. The molecule has 5 heteroatoms. The van der Waals surface area contributed by atoms with E-state index < -0.39 is 0 Å². The van der Waals surface area contributed by atoms with Crippen molar-refractivity contribution in [3.63, 3.8) is 0 Å². The molecule has 16 heavy (non-hydrogen) atoms. The Kier molecular flexibility index (Phi) is 3.36. The molecule has 2 heterocycles. The highest BCUT2D eigenvalue weighted by Gasteiger charge is 2.12. The maximum atomic E-state index is 11.9. The maximum absolute atomic E-state index is 11.9. The highest BCUT2D eigenvalue weighted by atomic mass is 16.1. The number of hydrogen-bond acceptors (Lipinski definition) is 4. The Balaban J connectivity index is 2.15. The summed E-state index contributed by atoms with van der Waals surface area (Å²) in [7, 11) is 1.77. The molecule has 1 saturated heterocycles. The van der Waals surface area contributed by atoms with Crippen LogP contribution < -0.4 is 10.9 Å². The monoisotopic (exact) mass is 222 g/mol. The van der Waals surface area contributed by atoms with Gasteiger partial charge in [0.15, 0.2) is 0 Å². The molecule has 1 aliphatic rings. The van der Waals surface area contributed by atoms with Crippen LogP contribution in [-0.2, 0) is 13.6 Å². The van der Waals surface area contributed by atoms with Crippen molar-refractivity contribution in [1.82, 2.24) is 19.8 Å². The van der Waals surface area contributed by atoms with E-state index in [0.29, 0.717) is 6.54 Å². The Labute approximate surface area is 95.1 Å². The van der Waals surface area contributed by atoms with Crippen molar-refractivity contribution in [2.24, 2.45) is 7.05 Å². The second kappa shape index (κ2) is 4.76. The van der Waals surface area contributed by atoms with Crippen LogP contribution in [0.3, 0.4) is 0 Å². The lowest BCUT2D eigenvalue weighted by atomic mass is 10.2. The standard InChI is InChI=1S/C11H18N4O/c1-9-13-7-10(11(16)14(9)2)8-15-5-3-12-4-6-15/h7,12H,3-6,8H2,1-2H3. The van der Waals surface area contributed by atoms with Crippen LogP contribution in [0, 0.1) is 6.92 Å². The minimum Gasteiger partial charge on any atom is -0.314 e. The van der Waals surface area contributed by atoms with Crippen LogP contribution in [0.2, 0.25) is 0 Å². The van der Waals surface area contributed by atoms with Gasteiger partial charge in [-0.3, -0.25) is 14.3 Å². The van der Waals surface area contributed by atoms with Gasteiger partial charge in [-0.05, 0) is 6.92 Å². The summed E-state index contributed by atoms with van der Waals surface area (Å²) in [5.41, 5.74) is 0.862. The summed E-state index contributed by atoms with van der Waals surface area (Å²) in [5.74, 6) is 0.758. The smallest absolute Gasteiger partial charge is 0.257 e. The molecular weight excluding hydrogens is 204 g/mol. The first-order chi connectivity index (χ1) is 7.68. The molecule has 5 nitrogen and oxygen atoms in total. The summed E-state index contributed by atoms with van der Waals surface area (Å²) >= 11 is 0. The fourth-order valence-electron chi connectivity index (χ4n) is 1.89. The minimum absolute atomic E-state index is 0.0750. The van der Waals surface area contributed by atoms with Crippen molar-refractivity contribution in [2.45, 2.75) is 13.5 Å². The van der Waals surface area contributed by atoms with Gasteiger partial charge in [0.2, 0.25) is 0 Å². The summed E-state index contributed by atoms with van der Waals surface area (Å²) < 4.78 is 1.61. The number of hydrogen-bond donors (Lipinski definition) is 1. The van der Waals surface area contributed by atoms with Gasteiger partial charge in [0.1, 0.15) is 5.82 Å². The fraction of sp³-hybridized carbons (Fsp3) is 0.636. The quantitative estimate of drug-likeness (QED) is 0.732. The molecule has 0 amide bonds. The number of aromatic nitrogens is 2. The number of rotatable bonds is 2. The molecule has 1 fully saturated rings. The van der Waals surface area contributed by atoms with E-state index in [1.807, 2.05) is 6.92 Å². The molecule has 0 unspecified atom stereocenters. The van der Waals surface area contributed by atoms with Crippen molar-refractivity contribution in [3.05, 3.63) is 27.9 Å². The number of nitrogens with zero attached hydrogens (tertiary/aromatic N) is 3. The molecule has 1 aromatic rings. The summed E-state index contributed by atoms with van der Waals surface area (Å²) in [6.45, 7) is 6.55. The molecule has 2 rings (SSSR count). The predicted molar refractivity (Wildman–Crippen MR) is 62.4 cm³/mol. The van der Waals surface area contributed by atoms with Crippen LogP contribution in [0.5, 0.6) is 0 Å². The average molecular weight is 222 g/mol. The lowest BCUT2D eigenvalue weighted by molar-refractivity contribution is 0.231. The van der Waals surface area contributed by atoms with E-state index in [4.69, 9.17) is 0 Å². The molecule has 0 aromatic carbocycles. The Morgan fingerprint density at radius 1 is 1.44 bits per heavy atom. The van der Waals surface area contributed by atoms with Crippen LogP contribution >= 0.6 is 0 Å². The van der Waals surface area contributed by atoms with Crippen LogP contribution in [0.4, 0.5) is 0 Å². The van der Waals surface area contributed by atoms with Crippen molar-refractivity contribution >= 4 is 0 Å². The number of aryl methyl sites for hydroxylation is 1. The topological polar surface area (TPSA) is 50.2 Å². The third-order valence-electron chi connectivity index (χ3n) is 3.08. The third-order valence-corrected chi connectivity index (χ3v) is 3.08. The van der Waals surface area contributed by atoms with Gasteiger partial charge < -0.3 is 5.32 Å². The van der Waals surface area contributed by atoms with E-state index in [9.17, 15) is 4.79 Å². The highest BCUT2D eigenvalue weighted by molar-refractivity contribution is 5.07. The van der Waals surface area contributed by atoms with Crippen molar-refractivity contribution in [3.8, 4) is 0 Å². The van der Waals surface area contributed by atoms with E-state index in [1.165, 1.54) is 0 Å². The first-order valence-corrected chi connectivity index (χ1v) is 5.63. The lowest BCUT2D eigenvalue weighted by Gasteiger charge is -2.26. The molecule has 1 N–H and O–H groups in total. The van der Waals surface area contributed by atoms with Crippen LogP contribution in [0.25, 0.3) is 0 Å². The van der Waals surface area contributed by atoms with E-state index >= 15 is 0 Å². The zero-order valence-electron chi connectivity index (χ0n) is 9.86. The normalized spacial score (nSPS) is 17.6. The first kappa shape index (κ1) is 11.3. The van der Waals surface area contributed by atoms with Crippen molar-refractivity contribution in [1.29, 1.82) is 0 Å².